The average Bonchev–Trinajstić information content (AvgIpc) is 3.16. The first-order chi connectivity index (χ1) is 13.9. The van der Waals surface area contributed by atoms with Crippen LogP contribution in [0.4, 0.5) is 15.9 Å². The van der Waals surface area contributed by atoms with Crippen LogP contribution in [-0.4, -0.2) is 43.7 Å². The van der Waals surface area contributed by atoms with Crippen molar-refractivity contribution in [2.75, 3.05) is 36.5 Å². The number of carbonyl (C=O) groups excluding carboxylic acids is 1. The molecule has 29 heavy (non-hydrogen) atoms. The summed E-state index contributed by atoms with van der Waals surface area (Å²) in [5.74, 6) is 1.17. The highest BCUT2D eigenvalue weighted by atomic mass is 19.1. The number of nitrogens with zero attached hydrogens (tertiary/aromatic N) is 3. The van der Waals surface area contributed by atoms with Gasteiger partial charge in [0.15, 0.2) is 5.82 Å². The molecular formula is C22H29FN4O2. The molecule has 1 aromatic heterocycles. The van der Waals surface area contributed by atoms with Crippen LogP contribution in [0.2, 0.25) is 0 Å². The van der Waals surface area contributed by atoms with E-state index in [2.05, 4.69) is 10.3 Å². The Morgan fingerprint density at radius 2 is 2.14 bits per heavy atom. The maximum atomic E-state index is 14.4. The van der Waals surface area contributed by atoms with Gasteiger partial charge in [-0.25, -0.2) is 9.37 Å². The summed E-state index contributed by atoms with van der Waals surface area (Å²) in [5.41, 5.74) is 1.59. The molecule has 0 aliphatic carbocycles. The predicted molar refractivity (Wildman–Crippen MR) is 113 cm³/mol. The third-order valence-corrected chi connectivity index (χ3v) is 5.27. The number of hydrogen-bond donors (Lipinski definition) is 1. The van der Waals surface area contributed by atoms with Crippen LogP contribution >= 0.6 is 0 Å². The Labute approximate surface area is 171 Å². The van der Waals surface area contributed by atoms with E-state index in [1.165, 1.54) is 13.1 Å². The SMILES string of the molecule is CCN(C)c1cc(N2CC[C@@H](Oc3ccc([C@H](C)NC(C)=O)cc3)C2)c(F)cn1. The first-order valence-electron chi connectivity index (χ1n) is 10.0. The molecule has 3 rings (SSSR count). The predicted octanol–water partition coefficient (Wildman–Crippen LogP) is 3.53. The van der Waals surface area contributed by atoms with E-state index in [1.54, 1.807) is 6.07 Å². The molecule has 6 nitrogen and oxygen atoms in total. The molecule has 7 heteroatoms. The van der Waals surface area contributed by atoms with Crippen molar-refractivity contribution in [2.24, 2.45) is 0 Å². The van der Waals surface area contributed by atoms with Crippen molar-refractivity contribution in [2.45, 2.75) is 39.3 Å². The van der Waals surface area contributed by atoms with Gasteiger partial charge in [0.1, 0.15) is 17.7 Å². The second kappa shape index (κ2) is 9.11. The van der Waals surface area contributed by atoms with Crippen LogP contribution in [0.3, 0.4) is 0 Å². The van der Waals surface area contributed by atoms with E-state index < -0.39 is 0 Å². The molecule has 0 radical (unpaired) electrons. The lowest BCUT2D eigenvalue weighted by Crippen LogP contribution is -2.26. The monoisotopic (exact) mass is 400 g/mol. The van der Waals surface area contributed by atoms with Gasteiger partial charge in [0, 0.05) is 39.5 Å². The lowest BCUT2D eigenvalue weighted by Gasteiger charge is -2.22. The number of aromatic nitrogens is 1. The van der Waals surface area contributed by atoms with Gasteiger partial charge in [-0.3, -0.25) is 4.79 Å². The fourth-order valence-electron chi connectivity index (χ4n) is 3.49. The second-order valence-electron chi connectivity index (χ2n) is 7.47. The first kappa shape index (κ1) is 20.9. The summed E-state index contributed by atoms with van der Waals surface area (Å²) in [4.78, 5) is 19.4. The number of benzene rings is 1. The highest BCUT2D eigenvalue weighted by Gasteiger charge is 2.26. The van der Waals surface area contributed by atoms with Gasteiger partial charge in [0.25, 0.3) is 0 Å². The van der Waals surface area contributed by atoms with Gasteiger partial charge in [-0.1, -0.05) is 12.1 Å². The first-order valence-corrected chi connectivity index (χ1v) is 10.0. The van der Waals surface area contributed by atoms with Crippen molar-refractivity contribution < 1.29 is 13.9 Å². The quantitative estimate of drug-likeness (QED) is 0.771. The molecule has 2 aromatic rings. The van der Waals surface area contributed by atoms with Crippen LogP contribution in [0, 0.1) is 5.82 Å². The van der Waals surface area contributed by atoms with Crippen LogP contribution in [0.1, 0.15) is 38.8 Å². The maximum absolute atomic E-state index is 14.4. The van der Waals surface area contributed by atoms with Crippen LogP contribution < -0.4 is 19.9 Å². The largest absolute Gasteiger partial charge is 0.489 e. The molecule has 2 heterocycles. The number of hydrogen-bond acceptors (Lipinski definition) is 5. The molecule has 2 atom stereocenters. The molecule has 0 spiro atoms. The zero-order valence-electron chi connectivity index (χ0n) is 17.5. The van der Waals surface area contributed by atoms with Crippen molar-refractivity contribution in [1.29, 1.82) is 0 Å². The number of rotatable bonds is 7. The van der Waals surface area contributed by atoms with E-state index >= 15 is 0 Å². The molecule has 0 unspecified atom stereocenters. The van der Waals surface area contributed by atoms with Gasteiger partial charge >= 0.3 is 0 Å². The maximum Gasteiger partial charge on any atom is 0.217 e. The number of anilines is 2. The third-order valence-electron chi connectivity index (χ3n) is 5.27. The summed E-state index contributed by atoms with van der Waals surface area (Å²) in [6.07, 6.45) is 2.11. The number of carbonyl (C=O) groups is 1. The standard InChI is InChI=1S/C22H29FN4O2/c1-5-26(4)22-12-21(20(23)13-24-22)27-11-10-19(14-27)29-18-8-6-17(7-9-18)15(2)25-16(3)28/h6-9,12-13,15,19H,5,10-11,14H2,1-4H3,(H,25,28)/t15-,19+/m0/s1. The highest BCUT2D eigenvalue weighted by Crippen LogP contribution is 2.28. The summed E-state index contributed by atoms with van der Waals surface area (Å²) in [7, 11) is 1.94. The smallest absolute Gasteiger partial charge is 0.217 e. The Hall–Kier alpha value is -2.83. The summed E-state index contributed by atoms with van der Waals surface area (Å²) < 4.78 is 20.5. The molecule has 1 N–H and O–H groups in total. The summed E-state index contributed by atoms with van der Waals surface area (Å²) in [5, 5.41) is 2.87. The van der Waals surface area contributed by atoms with Gasteiger partial charge in [-0.05, 0) is 31.5 Å². The third kappa shape index (κ3) is 5.16. The van der Waals surface area contributed by atoms with Gasteiger partial charge in [0.05, 0.1) is 24.5 Å². The lowest BCUT2D eigenvalue weighted by molar-refractivity contribution is -0.119. The Morgan fingerprint density at radius 1 is 1.41 bits per heavy atom. The van der Waals surface area contributed by atoms with Crippen molar-refractivity contribution in [3.63, 3.8) is 0 Å². The number of ether oxygens (including phenoxy) is 1. The zero-order valence-corrected chi connectivity index (χ0v) is 17.5. The van der Waals surface area contributed by atoms with E-state index in [1.807, 2.05) is 55.0 Å². The van der Waals surface area contributed by atoms with Gasteiger partial charge < -0.3 is 19.9 Å². The molecule has 1 aliphatic rings. The van der Waals surface area contributed by atoms with E-state index in [-0.39, 0.29) is 23.9 Å². The summed E-state index contributed by atoms with van der Waals surface area (Å²) in [6, 6.07) is 9.50. The molecule has 1 aromatic carbocycles. The minimum Gasteiger partial charge on any atom is -0.489 e. The molecule has 1 fully saturated rings. The molecule has 1 amide bonds. The highest BCUT2D eigenvalue weighted by molar-refractivity contribution is 5.73. The van der Waals surface area contributed by atoms with Gasteiger partial charge in [-0.2, -0.15) is 0 Å². The molecule has 1 saturated heterocycles. The molecule has 156 valence electrons. The molecule has 0 bridgehead atoms. The number of amides is 1. The van der Waals surface area contributed by atoms with Crippen LogP contribution in [0.25, 0.3) is 0 Å². The van der Waals surface area contributed by atoms with Crippen molar-refractivity contribution >= 4 is 17.4 Å². The fourth-order valence-corrected chi connectivity index (χ4v) is 3.49. The number of pyridine rings is 1. The Morgan fingerprint density at radius 3 is 2.79 bits per heavy atom. The van der Waals surface area contributed by atoms with Crippen LogP contribution in [0.5, 0.6) is 5.75 Å². The Bertz CT molecular complexity index is 843. The number of halogens is 1. The lowest BCUT2D eigenvalue weighted by atomic mass is 10.1. The fraction of sp³-hybridized carbons (Fsp3) is 0.455. The average molecular weight is 400 g/mol. The zero-order chi connectivity index (χ0) is 21.0. The van der Waals surface area contributed by atoms with Crippen molar-refractivity contribution in [3.05, 3.63) is 47.9 Å². The van der Waals surface area contributed by atoms with Crippen molar-refractivity contribution in [3.8, 4) is 5.75 Å². The van der Waals surface area contributed by atoms with E-state index in [0.717, 1.165) is 36.6 Å². The van der Waals surface area contributed by atoms with Crippen LogP contribution in [-0.2, 0) is 4.79 Å². The van der Waals surface area contributed by atoms with E-state index in [9.17, 15) is 9.18 Å². The Kier molecular flexibility index (Phi) is 6.56. The van der Waals surface area contributed by atoms with E-state index in [0.29, 0.717) is 12.2 Å². The van der Waals surface area contributed by atoms with Crippen molar-refractivity contribution in [1.82, 2.24) is 10.3 Å². The molecule has 1 aliphatic heterocycles. The summed E-state index contributed by atoms with van der Waals surface area (Å²) in [6.45, 7) is 7.65. The Balaban J connectivity index is 1.62. The minimum atomic E-state index is -0.310. The molecule has 0 saturated carbocycles. The normalized spacial score (nSPS) is 17.1. The van der Waals surface area contributed by atoms with Gasteiger partial charge in [0.2, 0.25) is 5.91 Å². The number of nitrogens with one attached hydrogen (secondary N) is 1. The van der Waals surface area contributed by atoms with Crippen LogP contribution in [0.15, 0.2) is 36.5 Å². The molecular weight excluding hydrogens is 371 g/mol. The van der Waals surface area contributed by atoms with Gasteiger partial charge in [-0.15, -0.1) is 0 Å². The van der Waals surface area contributed by atoms with E-state index in [4.69, 9.17) is 4.74 Å². The minimum absolute atomic E-state index is 0.00598. The second-order valence-corrected chi connectivity index (χ2v) is 7.47. The topological polar surface area (TPSA) is 57.7 Å². The summed E-state index contributed by atoms with van der Waals surface area (Å²) >= 11 is 0.